The molecule has 1 unspecified atom stereocenters. The van der Waals surface area contributed by atoms with E-state index in [9.17, 15) is 0 Å². The van der Waals surface area contributed by atoms with E-state index in [1.54, 1.807) is 0 Å². The van der Waals surface area contributed by atoms with Crippen molar-refractivity contribution in [3.05, 3.63) is 41.2 Å². The molecule has 0 fully saturated rings. The van der Waals surface area contributed by atoms with Crippen molar-refractivity contribution < 1.29 is 0 Å². The number of hydrogen-bond acceptors (Lipinski definition) is 3. The van der Waals surface area contributed by atoms with E-state index in [1.165, 1.54) is 17.7 Å². The summed E-state index contributed by atoms with van der Waals surface area (Å²) in [4.78, 5) is 0. The monoisotopic (exact) mass is 242 g/mol. The van der Waals surface area contributed by atoms with Crippen molar-refractivity contribution in [3.8, 4) is 5.69 Å². The molecule has 1 atom stereocenters. The highest BCUT2D eigenvalue weighted by molar-refractivity contribution is 5.38. The SMILES string of the molecule is Cc1cccc(-n2nnc3c2C(CN)CCC3)c1. The highest BCUT2D eigenvalue weighted by Crippen LogP contribution is 2.31. The average Bonchev–Trinajstić information content (AvgIpc) is 2.82. The Morgan fingerprint density at radius 1 is 1.44 bits per heavy atom. The van der Waals surface area contributed by atoms with E-state index in [-0.39, 0.29) is 0 Å². The summed E-state index contributed by atoms with van der Waals surface area (Å²) in [6.45, 7) is 2.76. The molecule has 0 saturated heterocycles. The van der Waals surface area contributed by atoms with Gasteiger partial charge in [-0.25, -0.2) is 4.68 Å². The molecule has 2 N–H and O–H groups in total. The van der Waals surface area contributed by atoms with Gasteiger partial charge >= 0.3 is 0 Å². The van der Waals surface area contributed by atoms with Gasteiger partial charge in [-0.1, -0.05) is 17.3 Å². The number of rotatable bonds is 2. The molecule has 4 nitrogen and oxygen atoms in total. The average molecular weight is 242 g/mol. The Bertz CT molecular complexity index is 559. The maximum absolute atomic E-state index is 5.89. The van der Waals surface area contributed by atoms with Crippen LogP contribution in [-0.2, 0) is 6.42 Å². The van der Waals surface area contributed by atoms with Gasteiger partial charge in [0.15, 0.2) is 0 Å². The molecule has 0 saturated carbocycles. The number of nitrogens with zero attached hydrogens (tertiary/aromatic N) is 3. The third-order valence-electron chi connectivity index (χ3n) is 3.66. The minimum absolute atomic E-state index is 0.393. The Labute approximate surface area is 107 Å². The van der Waals surface area contributed by atoms with Crippen LogP contribution in [0.5, 0.6) is 0 Å². The number of nitrogens with two attached hydrogens (primary N) is 1. The molecule has 18 heavy (non-hydrogen) atoms. The molecule has 1 aliphatic rings. The van der Waals surface area contributed by atoms with Crippen molar-refractivity contribution in [1.82, 2.24) is 15.0 Å². The fourth-order valence-corrected chi connectivity index (χ4v) is 2.74. The van der Waals surface area contributed by atoms with Crippen molar-refractivity contribution in [3.63, 3.8) is 0 Å². The standard InChI is InChI=1S/C14H18N4/c1-10-4-2-6-12(8-10)18-14-11(9-15)5-3-7-13(14)16-17-18/h2,4,6,8,11H,3,5,7,9,15H2,1H3. The van der Waals surface area contributed by atoms with Gasteiger partial charge in [-0.05, 0) is 43.9 Å². The van der Waals surface area contributed by atoms with E-state index in [0.717, 1.165) is 24.2 Å². The first-order valence-corrected chi connectivity index (χ1v) is 6.51. The van der Waals surface area contributed by atoms with Gasteiger partial charge in [-0.2, -0.15) is 0 Å². The molecular weight excluding hydrogens is 224 g/mol. The van der Waals surface area contributed by atoms with Crippen LogP contribution in [0.4, 0.5) is 0 Å². The van der Waals surface area contributed by atoms with Crippen LogP contribution in [0.1, 0.15) is 35.7 Å². The largest absolute Gasteiger partial charge is 0.330 e. The second-order valence-electron chi connectivity index (χ2n) is 5.00. The Morgan fingerprint density at radius 3 is 3.11 bits per heavy atom. The van der Waals surface area contributed by atoms with Crippen molar-refractivity contribution in [2.75, 3.05) is 6.54 Å². The van der Waals surface area contributed by atoms with Crippen molar-refractivity contribution in [2.45, 2.75) is 32.1 Å². The molecular formula is C14H18N4. The molecule has 1 aromatic carbocycles. The van der Waals surface area contributed by atoms with Crippen molar-refractivity contribution in [1.29, 1.82) is 0 Å². The zero-order chi connectivity index (χ0) is 12.5. The summed E-state index contributed by atoms with van der Waals surface area (Å²) >= 11 is 0. The lowest BCUT2D eigenvalue weighted by Gasteiger charge is -2.21. The third-order valence-corrected chi connectivity index (χ3v) is 3.66. The normalized spacial score (nSPS) is 18.7. The lowest BCUT2D eigenvalue weighted by molar-refractivity contribution is 0.533. The van der Waals surface area contributed by atoms with E-state index in [0.29, 0.717) is 12.5 Å². The number of aromatic nitrogens is 3. The fourth-order valence-electron chi connectivity index (χ4n) is 2.74. The summed E-state index contributed by atoms with van der Waals surface area (Å²) in [7, 11) is 0. The zero-order valence-corrected chi connectivity index (χ0v) is 10.6. The molecule has 0 bridgehead atoms. The summed E-state index contributed by atoms with van der Waals surface area (Å²) in [5, 5.41) is 8.64. The second-order valence-corrected chi connectivity index (χ2v) is 5.00. The van der Waals surface area contributed by atoms with Gasteiger partial charge in [-0.15, -0.1) is 5.10 Å². The van der Waals surface area contributed by atoms with E-state index in [4.69, 9.17) is 5.73 Å². The minimum Gasteiger partial charge on any atom is -0.330 e. The maximum atomic E-state index is 5.89. The molecule has 3 rings (SSSR count). The summed E-state index contributed by atoms with van der Waals surface area (Å²) in [5.41, 5.74) is 10.5. The first-order valence-electron chi connectivity index (χ1n) is 6.51. The minimum atomic E-state index is 0.393. The second kappa shape index (κ2) is 4.53. The Morgan fingerprint density at radius 2 is 2.33 bits per heavy atom. The molecule has 94 valence electrons. The summed E-state index contributed by atoms with van der Waals surface area (Å²) in [6.07, 6.45) is 3.34. The molecule has 2 aromatic rings. The zero-order valence-electron chi connectivity index (χ0n) is 10.6. The first kappa shape index (κ1) is 11.4. The Hall–Kier alpha value is -1.68. The fraction of sp³-hybridized carbons (Fsp3) is 0.429. The molecule has 0 amide bonds. The lowest BCUT2D eigenvalue weighted by Crippen LogP contribution is -2.21. The quantitative estimate of drug-likeness (QED) is 0.875. The summed E-state index contributed by atoms with van der Waals surface area (Å²) in [5.74, 6) is 0.393. The van der Waals surface area contributed by atoms with E-state index < -0.39 is 0 Å². The van der Waals surface area contributed by atoms with Crippen LogP contribution in [0.2, 0.25) is 0 Å². The summed E-state index contributed by atoms with van der Waals surface area (Å²) < 4.78 is 1.97. The van der Waals surface area contributed by atoms with Gasteiger partial charge in [0.05, 0.1) is 17.1 Å². The van der Waals surface area contributed by atoms with Crippen LogP contribution in [-0.4, -0.2) is 21.5 Å². The van der Waals surface area contributed by atoms with Gasteiger partial charge in [0.2, 0.25) is 0 Å². The van der Waals surface area contributed by atoms with E-state index in [2.05, 4.69) is 41.5 Å². The van der Waals surface area contributed by atoms with Gasteiger partial charge in [-0.3, -0.25) is 0 Å². The Kier molecular flexibility index (Phi) is 2.88. The van der Waals surface area contributed by atoms with Crippen LogP contribution >= 0.6 is 0 Å². The highest BCUT2D eigenvalue weighted by Gasteiger charge is 2.25. The molecule has 1 heterocycles. The predicted molar refractivity (Wildman–Crippen MR) is 70.8 cm³/mol. The Balaban J connectivity index is 2.11. The summed E-state index contributed by atoms with van der Waals surface area (Å²) in [6, 6.07) is 8.35. The van der Waals surface area contributed by atoms with E-state index in [1.807, 2.05) is 4.68 Å². The molecule has 0 radical (unpaired) electrons. The smallest absolute Gasteiger partial charge is 0.0867 e. The van der Waals surface area contributed by atoms with Gasteiger partial charge in [0.25, 0.3) is 0 Å². The number of aryl methyl sites for hydroxylation is 2. The first-order chi connectivity index (χ1) is 8.79. The lowest BCUT2D eigenvalue weighted by atomic mass is 9.89. The van der Waals surface area contributed by atoms with E-state index >= 15 is 0 Å². The van der Waals surface area contributed by atoms with Crippen LogP contribution in [0.15, 0.2) is 24.3 Å². The van der Waals surface area contributed by atoms with Gasteiger partial charge in [0, 0.05) is 12.5 Å². The van der Waals surface area contributed by atoms with Crippen LogP contribution in [0.3, 0.4) is 0 Å². The molecule has 1 aliphatic carbocycles. The predicted octanol–water partition coefficient (Wildman–Crippen LogP) is 1.95. The molecule has 0 spiro atoms. The van der Waals surface area contributed by atoms with Crippen molar-refractivity contribution in [2.24, 2.45) is 5.73 Å². The number of hydrogen-bond donors (Lipinski definition) is 1. The third kappa shape index (κ3) is 1.82. The van der Waals surface area contributed by atoms with Crippen molar-refractivity contribution >= 4 is 0 Å². The number of benzene rings is 1. The molecule has 1 aromatic heterocycles. The van der Waals surface area contributed by atoms with Gasteiger partial charge < -0.3 is 5.73 Å². The highest BCUT2D eigenvalue weighted by atomic mass is 15.4. The molecule has 0 aliphatic heterocycles. The number of fused-ring (bicyclic) bond motifs is 1. The van der Waals surface area contributed by atoms with Crippen LogP contribution in [0.25, 0.3) is 5.69 Å². The molecule has 4 heteroatoms. The van der Waals surface area contributed by atoms with Gasteiger partial charge in [0.1, 0.15) is 0 Å². The van der Waals surface area contributed by atoms with Crippen LogP contribution in [0, 0.1) is 6.92 Å². The maximum Gasteiger partial charge on any atom is 0.0867 e. The topological polar surface area (TPSA) is 56.7 Å². The van der Waals surface area contributed by atoms with Crippen LogP contribution < -0.4 is 5.73 Å².